The Labute approximate surface area is 156 Å². The molecule has 26 heavy (non-hydrogen) atoms. The number of anilines is 1. The molecule has 142 valence electrons. The number of hydrogen-bond donors (Lipinski definition) is 1. The maximum Gasteiger partial charge on any atom is 0.409 e. The van der Waals surface area contributed by atoms with E-state index in [9.17, 15) is 18.0 Å². The van der Waals surface area contributed by atoms with Crippen LogP contribution in [0.4, 0.5) is 10.5 Å². The number of thioether (sulfide) groups is 1. The van der Waals surface area contributed by atoms with Gasteiger partial charge in [-0.3, -0.25) is 4.79 Å². The highest BCUT2D eigenvalue weighted by Crippen LogP contribution is 2.37. The molecule has 2 amide bonds. The minimum Gasteiger partial charge on any atom is -0.450 e. The van der Waals surface area contributed by atoms with Gasteiger partial charge in [0.2, 0.25) is 15.9 Å². The normalized spacial score (nSPS) is 21.1. The van der Waals surface area contributed by atoms with Gasteiger partial charge in [-0.05, 0) is 32.0 Å². The molecule has 0 bridgehead atoms. The van der Waals surface area contributed by atoms with Gasteiger partial charge in [0, 0.05) is 31.1 Å². The Morgan fingerprint density at radius 3 is 2.65 bits per heavy atom. The van der Waals surface area contributed by atoms with Crippen molar-refractivity contribution < 1.29 is 22.7 Å². The van der Waals surface area contributed by atoms with Gasteiger partial charge >= 0.3 is 6.09 Å². The van der Waals surface area contributed by atoms with Crippen LogP contribution in [0.1, 0.15) is 13.8 Å². The van der Waals surface area contributed by atoms with Crippen molar-refractivity contribution in [3.05, 3.63) is 18.2 Å². The Balaban J connectivity index is 1.74. The number of carbonyl (C=O) groups is 2. The van der Waals surface area contributed by atoms with Crippen LogP contribution in [-0.2, 0) is 19.6 Å². The number of hydrogen-bond acceptors (Lipinski definition) is 6. The Kier molecular flexibility index (Phi) is 5.44. The van der Waals surface area contributed by atoms with E-state index in [1.807, 2.05) is 0 Å². The first kappa shape index (κ1) is 19.0. The van der Waals surface area contributed by atoms with E-state index < -0.39 is 16.1 Å². The smallest absolute Gasteiger partial charge is 0.409 e. The number of piperazine rings is 1. The maximum absolute atomic E-state index is 12.9. The van der Waals surface area contributed by atoms with Crippen LogP contribution in [0.5, 0.6) is 0 Å². The maximum atomic E-state index is 12.9. The molecule has 0 unspecified atom stereocenters. The van der Waals surface area contributed by atoms with Crippen molar-refractivity contribution in [3.8, 4) is 0 Å². The zero-order chi connectivity index (χ0) is 18.9. The number of sulfonamides is 1. The second kappa shape index (κ2) is 7.45. The van der Waals surface area contributed by atoms with Crippen molar-refractivity contribution >= 4 is 39.5 Å². The van der Waals surface area contributed by atoms with Gasteiger partial charge < -0.3 is 15.0 Å². The number of amides is 2. The monoisotopic (exact) mass is 399 g/mol. The fourth-order valence-electron chi connectivity index (χ4n) is 2.82. The van der Waals surface area contributed by atoms with Crippen molar-refractivity contribution in [2.24, 2.45) is 0 Å². The summed E-state index contributed by atoms with van der Waals surface area (Å²) in [4.78, 5) is 26.1. The molecule has 1 aromatic rings. The van der Waals surface area contributed by atoms with Gasteiger partial charge in [-0.15, -0.1) is 11.8 Å². The lowest BCUT2D eigenvalue weighted by molar-refractivity contribution is -0.115. The first-order valence-corrected chi connectivity index (χ1v) is 10.7. The third kappa shape index (κ3) is 3.67. The fourth-order valence-corrected chi connectivity index (χ4v) is 5.20. The summed E-state index contributed by atoms with van der Waals surface area (Å²) in [6.07, 6.45) is -0.424. The Morgan fingerprint density at radius 2 is 2.00 bits per heavy atom. The molecule has 1 saturated heterocycles. The van der Waals surface area contributed by atoms with Gasteiger partial charge in [0.25, 0.3) is 0 Å². The number of ether oxygens (including phenoxy) is 1. The molecule has 0 radical (unpaired) electrons. The predicted molar refractivity (Wildman–Crippen MR) is 97.7 cm³/mol. The average molecular weight is 399 g/mol. The zero-order valence-electron chi connectivity index (χ0n) is 14.6. The van der Waals surface area contributed by atoms with Crippen LogP contribution < -0.4 is 5.32 Å². The quantitative estimate of drug-likeness (QED) is 0.829. The predicted octanol–water partition coefficient (Wildman–Crippen LogP) is 1.58. The lowest BCUT2D eigenvalue weighted by Crippen LogP contribution is -2.50. The zero-order valence-corrected chi connectivity index (χ0v) is 16.2. The second-order valence-corrected chi connectivity index (χ2v) is 9.32. The van der Waals surface area contributed by atoms with E-state index in [-0.39, 0.29) is 48.8 Å². The topological polar surface area (TPSA) is 96.0 Å². The summed E-state index contributed by atoms with van der Waals surface area (Å²) in [7, 11) is -3.69. The van der Waals surface area contributed by atoms with Gasteiger partial charge in [-0.25, -0.2) is 13.2 Å². The SMILES string of the molecule is CCOC(=O)N1CCN(S(=O)(=O)c2ccc3c(c2)NC(=O)[C@@H](C)S3)CC1. The molecule has 10 heteroatoms. The third-order valence-electron chi connectivity index (χ3n) is 4.28. The van der Waals surface area contributed by atoms with Crippen molar-refractivity contribution in [2.75, 3.05) is 38.1 Å². The number of nitrogens with one attached hydrogen (secondary N) is 1. The molecule has 1 N–H and O–H groups in total. The van der Waals surface area contributed by atoms with Crippen LogP contribution in [0.3, 0.4) is 0 Å². The molecule has 1 aromatic carbocycles. The number of benzene rings is 1. The van der Waals surface area contributed by atoms with Crippen LogP contribution >= 0.6 is 11.8 Å². The van der Waals surface area contributed by atoms with Gasteiger partial charge in [0.15, 0.2) is 0 Å². The van der Waals surface area contributed by atoms with E-state index >= 15 is 0 Å². The minimum absolute atomic E-state index is 0.135. The van der Waals surface area contributed by atoms with Crippen LogP contribution in [0.15, 0.2) is 28.0 Å². The largest absolute Gasteiger partial charge is 0.450 e. The number of rotatable bonds is 3. The molecule has 2 aliphatic heterocycles. The van der Waals surface area contributed by atoms with E-state index in [2.05, 4.69) is 5.32 Å². The third-order valence-corrected chi connectivity index (χ3v) is 7.36. The fraction of sp³-hybridized carbons (Fsp3) is 0.500. The molecule has 2 heterocycles. The minimum atomic E-state index is -3.69. The Hall–Kier alpha value is -1.78. The lowest BCUT2D eigenvalue weighted by Gasteiger charge is -2.33. The molecular formula is C16H21N3O5S2. The Morgan fingerprint density at radius 1 is 1.31 bits per heavy atom. The number of nitrogens with zero attached hydrogens (tertiary/aromatic N) is 2. The summed E-state index contributed by atoms with van der Waals surface area (Å²) in [5.74, 6) is -0.139. The highest BCUT2D eigenvalue weighted by atomic mass is 32.2. The summed E-state index contributed by atoms with van der Waals surface area (Å²) in [6.45, 7) is 4.80. The van der Waals surface area contributed by atoms with Gasteiger partial charge in [0.1, 0.15) is 0 Å². The summed E-state index contributed by atoms with van der Waals surface area (Å²) < 4.78 is 32.1. The molecular weight excluding hydrogens is 378 g/mol. The van der Waals surface area contributed by atoms with Crippen molar-refractivity contribution in [1.82, 2.24) is 9.21 Å². The molecule has 0 aliphatic carbocycles. The van der Waals surface area contributed by atoms with E-state index in [0.29, 0.717) is 5.69 Å². The Bertz CT molecular complexity index is 819. The molecule has 1 atom stereocenters. The van der Waals surface area contributed by atoms with E-state index in [4.69, 9.17) is 4.74 Å². The molecule has 0 spiro atoms. The summed E-state index contributed by atoms with van der Waals surface area (Å²) >= 11 is 1.40. The number of carbonyl (C=O) groups excluding carboxylic acids is 2. The van der Waals surface area contributed by atoms with Gasteiger partial charge in [-0.1, -0.05) is 0 Å². The van der Waals surface area contributed by atoms with Crippen molar-refractivity contribution in [3.63, 3.8) is 0 Å². The molecule has 0 saturated carbocycles. The molecule has 2 aliphatic rings. The molecule has 3 rings (SSSR count). The lowest BCUT2D eigenvalue weighted by atomic mass is 10.3. The highest BCUT2D eigenvalue weighted by Gasteiger charge is 2.32. The number of fused-ring (bicyclic) bond motifs is 1. The molecule has 1 fully saturated rings. The van der Waals surface area contributed by atoms with Gasteiger partial charge in [-0.2, -0.15) is 4.31 Å². The molecule has 8 nitrogen and oxygen atoms in total. The van der Waals surface area contributed by atoms with E-state index in [1.54, 1.807) is 26.0 Å². The standard InChI is InChI=1S/C16H21N3O5S2/c1-3-24-16(21)18-6-8-19(9-7-18)26(22,23)12-4-5-14-13(10-12)17-15(20)11(2)25-14/h4-5,10-11H,3,6-9H2,1-2H3,(H,17,20)/t11-/m1/s1. The molecule has 0 aromatic heterocycles. The summed E-state index contributed by atoms with van der Waals surface area (Å²) in [5, 5.41) is 2.54. The van der Waals surface area contributed by atoms with Crippen molar-refractivity contribution in [2.45, 2.75) is 28.9 Å². The average Bonchev–Trinajstić information content (AvgIpc) is 2.62. The van der Waals surface area contributed by atoms with E-state index in [1.165, 1.54) is 27.0 Å². The van der Waals surface area contributed by atoms with E-state index in [0.717, 1.165) is 4.90 Å². The second-order valence-electron chi connectivity index (χ2n) is 6.00. The van der Waals surface area contributed by atoms with Gasteiger partial charge in [0.05, 0.1) is 22.4 Å². The van der Waals surface area contributed by atoms with Crippen molar-refractivity contribution in [1.29, 1.82) is 0 Å². The van der Waals surface area contributed by atoms with Crippen LogP contribution in [-0.4, -0.2) is 67.7 Å². The van der Waals surface area contributed by atoms with Crippen LogP contribution in [0.25, 0.3) is 0 Å². The van der Waals surface area contributed by atoms with Crippen LogP contribution in [0, 0.1) is 0 Å². The van der Waals surface area contributed by atoms with Crippen LogP contribution in [0.2, 0.25) is 0 Å². The summed E-state index contributed by atoms with van der Waals surface area (Å²) in [5.41, 5.74) is 0.518. The first-order chi connectivity index (χ1) is 12.3. The summed E-state index contributed by atoms with van der Waals surface area (Å²) in [6, 6.07) is 4.78. The highest BCUT2D eigenvalue weighted by molar-refractivity contribution is 8.01. The first-order valence-electron chi connectivity index (χ1n) is 8.36.